The van der Waals surface area contributed by atoms with E-state index in [2.05, 4.69) is 31.8 Å². The molecule has 0 saturated carbocycles. The van der Waals surface area contributed by atoms with Gasteiger partial charge in [-0.15, -0.1) is 10.1 Å². The monoisotopic (exact) mass is 637 g/mol. The van der Waals surface area contributed by atoms with E-state index in [1.165, 1.54) is 27.9 Å². The number of carbonyl (C=O) groups excluding carboxylic acids is 10. The summed E-state index contributed by atoms with van der Waals surface area (Å²) in [5.41, 5.74) is 9.00. The van der Waals surface area contributed by atoms with Gasteiger partial charge >= 0.3 is 11.9 Å². The second-order valence-corrected chi connectivity index (χ2v) is 7.54. The third-order valence-corrected chi connectivity index (χ3v) is 4.18. The van der Waals surface area contributed by atoms with E-state index < -0.39 is 47.4 Å². The van der Waals surface area contributed by atoms with Gasteiger partial charge in [0, 0.05) is 80.3 Å². The maximum Gasteiger partial charge on any atom is 0.330 e. The molecule has 3 fully saturated rings. The largest absolute Gasteiger partial charge is 0.359 e. The van der Waals surface area contributed by atoms with Crippen molar-refractivity contribution in [2.24, 2.45) is 11.5 Å². The van der Waals surface area contributed by atoms with Crippen LogP contribution >= 0.6 is 0 Å². The van der Waals surface area contributed by atoms with E-state index in [-0.39, 0.29) is 55.4 Å². The van der Waals surface area contributed by atoms with Gasteiger partial charge in [-0.25, -0.2) is 9.59 Å². The first kappa shape index (κ1) is 46.1. The highest BCUT2D eigenvalue weighted by molar-refractivity contribution is 6.02. The number of carbonyl (C=O) groups is 10. The summed E-state index contributed by atoms with van der Waals surface area (Å²) in [6.07, 6.45) is 0.821. The molecule has 0 atom stereocenters. The molecule has 252 valence electrons. The van der Waals surface area contributed by atoms with Crippen LogP contribution in [0.25, 0.3) is 0 Å². The molecule has 8 amide bonds. The highest BCUT2D eigenvalue weighted by Gasteiger charge is 2.32. The first-order valence-corrected chi connectivity index (χ1v) is 12.6. The second kappa shape index (κ2) is 27.0. The lowest BCUT2D eigenvalue weighted by atomic mass is 10.4. The highest BCUT2D eigenvalue weighted by atomic mass is 16.7. The minimum Gasteiger partial charge on any atom is -0.359 e. The Kier molecular flexibility index (Phi) is 28.4. The Morgan fingerprint density at radius 1 is 0.545 bits per heavy atom. The fourth-order valence-corrected chi connectivity index (χ4v) is 2.14. The fourth-order valence-electron chi connectivity index (χ4n) is 2.14. The minimum atomic E-state index is -0.659. The van der Waals surface area contributed by atoms with Crippen molar-refractivity contribution in [2.45, 2.75) is 66.2 Å². The summed E-state index contributed by atoms with van der Waals surface area (Å²) in [6.45, 7) is 5.22. The summed E-state index contributed by atoms with van der Waals surface area (Å²) in [7, 11) is 6.20. The van der Waals surface area contributed by atoms with Crippen LogP contribution in [0.5, 0.6) is 0 Å². The van der Waals surface area contributed by atoms with Gasteiger partial charge in [0.25, 0.3) is 35.4 Å². The van der Waals surface area contributed by atoms with Crippen LogP contribution in [0.15, 0.2) is 0 Å². The van der Waals surface area contributed by atoms with Crippen LogP contribution in [-0.2, 0) is 57.6 Å². The Labute approximate surface area is 254 Å². The van der Waals surface area contributed by atoms with Crippen LogP contribution in [0, 0.1) is 0 Å². The van der Waals surface area contributed by atoms with Crippen molar-refractivity contribution in [2.75, 3.05) is 28.2 Å². The fraction of sp³-hybridized carbons (Fsp3) is 0.583. The normalized spacial score (nSPS) is 14.2. The van der Waals surface area contributed by atoms with E-state index in [4.69, 9.17) is 5.21 Å². The maximum atomic E-state index is 10.7. The first-order chi connectivity index (χ1) is 20.5. The van der Waals surface area contributed by atoms with Crippen LogP contribution < -0.4 is 22.1 Å². The summed E-state index contributed by atoms with van der Waals surface area (Å²) >= 11 is 0. The Morgan fingerprint density at radius 3 is 0.841 bits per heavy atom. The quantitative estimate of drug-likeness (QED) is 0.153. The van der Waals surface area contributed by atoms with Gasteiger partial charge in [-0.1, -0.05) is 0 Å². The number of hydroxylamine groups is 6. The summed E-state index contributed by atoms with van der Waals surface area (Å²) < 4.78 is 0. The molecule has 3 aliphatic heterocycles. The number of amides is 8. The molecule has 3 rings (SSSR count). The zero-order chi connectivity index (χ0) is 35.6. The van der Waals surface area contributed by atoms with Gasteiger partial charge in [0.1, 0.15) is 0 Å². The number of nitrogens with one attached hydrogen (secondary N) is 2. The topological polar surface area (TPSA) is 295 Å². The van der Waals surface area contributed by atoms with Gasteiger partial charge in [0.2, 0.25) is 11.8 Å². The predicted octanol–water partition coefficient (Wildman–Crippen LogP) is -2.59. The molecule has 0 aromatic rings. The van der Waals surface area contributed by atoms with Crippen molar-refractivity contribution in [3.05, 3.63) is 0 Å². The number of rotatable bonds is 2. The van der Waals surface area contributed by atoms with Gasteiger partial charge in [0.15, 0.2) is 0 Å². The van der Waals surface area contributed by atoms with Crippen molar-refractivity contribution >= 4 is 59.2 Å². The van der Waals surface area contributed by atoms with Crippen molar-refractivity contribution < 1.29 is 62.8 Å². The summed E-state index contributed by atoms with van der Waals surface area (Å²) in [5, 5.41) is 14.4. The predicted molar refractivity (Wildman–Crippen MR) is 148 cm³/mol. The standard InChI is InChI=1S/2C6H7NO4.C4H5NO3.2C3H7NO.2CH5N/c2*1-4(8)11-7-5(9)2-3-6(7)10;6-3-1-2-4(7)5(3)8;2*1-3(5)4-2;2*1-2/h2*2-3H2,1H3;8H,1-2H2;2*1-2H3,(H,4,5);2*2H2,1H3. The number of imide groups is 3. The van der Waals surface area contributed by atoms with Crippen LogP contribution in [0.2, 0.25) is 0 Å². The number of hydrogen-bond acceptors (Lipinski definition) is 15. The van der Waals surface area contributed by atoms with E-state index in [9.17, 15) is 47.9 Å². The molecule has 0 radical (unpaired) electrons. The van der Waals surface area contributed by atoms with Gasteiger partial charge in [0.05, 0.1) is 0 Å². The maximum absolute atomic E-state index is 10.7. The van der Waals surface area contributed by atoms with E-state index >= 15 is 0 Å². The van der Waals surface area contributed by atoms with E-state index in [0.29, 0.717) is 10.1 Å². The minimum absolute atomic E-state index is 0.00463. The van der Waals surface area contributed by atoms with E-state index in [0.717, 1.165) is 13.8 Å². The molecule has 0 aromatic carbocycles. The molecule has 0 bridgehead atoms. The molecule has 3 saturated heterocycles. The molecule has 0 aromatic heterocycles. The first-order valence-electron chi connectivity index (χ1n) is 12.6. The van der Waals surface area contributed by atoms with Crippen molar-refractivity contribution in [1.82, 2.24) is 25.8 Å². The van der Waals surface area contributed by atoms with E-state index in [1.807, 2.05) is 0 Å². The zero-order valence-electron chi connectivity index (χ0n) is 26.1. The van der Waals surface area contributed by atoms with E-state index in [1.54, 1.807) is 14.1 Å². The Morgan fingerprint density at radius 2 is 0.727 bits per heavy atom. The summed E-state index contributed by atoms with van der Waals surface area (Å²) in [6, 6.07) is 0. The van der Waals surface area contributed by atoms with Gasteiger partial charge in [-0.05, 0) is 14.1 Å². The molecule has 0 aliphatic carbocycles. The van der Waals surface area contributed by atoms with Gasteiger partial charge < -0.3 is 31.8 Å². The van der Waals surface area contributed by atoms with Crippen LogP contribution in [0.3, 0.4) is 0 Å². The van der Waals surface area contributed by atoms with Crippen LogP contribution in [0.1, 0.15) is 66.2 Å². The second-order valence-electron chi connectivity index (χ2n) is 7.54. The molecule has 0 spiro atoms. The van der Waals surface area contributed by atoms with Gasteiger partial charge in [-0.3, -0.25) is 43.6 Å². The SMILES string of the molecule is CC(=O)ON1C(=O)CCC1=O.CC(=O)ON1C(=O)CCC1=O.CN.CN.CNC(C)=O.CNC(C)=O.O=C1CCC(=O)N1O. The lowest BCUT2D eigenvalue weighted by Gasteiger charge is -2.09. The third kappa shape index (κ3) is 22.8. The molecule has 44 heavy (non-hydrogen) atoms. The molecule has 7 N–H and O–H groups in total. The molecule has 20 nitrogen and oxygen atoms in total. The highest BCUT2D eigenvalue weighted by Crippen LogP contribution is 2.12. The van der Waals surface area contributed by atoms with Crippen molar-refractivity contribution in [3.8, 4) is 0 Å². The smallest absolute Gasteiger partial charge is 0.330 e. The molecular weight excluding hydrogens is 594 g/mol. The Bertz CT molecular complexity index is 908. The zero-order valence-corrected chi connectivity index (χ0v) is 26.1. The third-order valence-electron chi connectivity index (χ3n) is 4.18. The van der Waals surface area contributed by atoms with Crippen molar-refractivity contribution in [1.29, 1.82) is 0 Å². The average Bonchev–Trinajstić information content (AvgIpc) is 3.59. The average molecular weight is 638 g/mol. The summed E-state index contributed by atoms with van der Waals surface area (Å²) in [5.74, 6) is -4.13. The van der Waals surface area contributed by atoms with Crippen LogP contribution in [0.4, 0.5) is 0 Å². The lowest BCUT2D eigenvalue weighted by Crippen LogP contribution is -2.30. The molecule has 3 heterocycles. The number of hydrogen-bond donors (Lipinski definition) is 5. The molecule has 20 heteroatoms. The van der Waals surface area contributed by atoms with Gasteiger partial charge in [-0.2, -0.15) is 5.06 Å². The molecule has 3 aliphatic rings. The number of nitrogens with two attached hydrogens (primary N) is 2. The molecular formula is C24H43N7O13. The lowest BCUT2D eigenvalue weighted by molar-refractivity contribution is -0.195. The van der Waals surface area contributed by atoms with Crippen LogP contribution in [-0.4, -0.2) is 108 Å². The van der Waals surface area contributed by atoms with Crippen molar-refractivity contribution in [3.63, 3.8) is 0 Å². The Hall–Kier alpha value is -4.82. The summed E-state index contributed by atoms with van der Waals surface area (Å²) in [4.78, 5) is 112. The molecule has 0 unspecified atom stereocenters. The number of nitrogens with zero attached hydrogens (tertiary/aromatic N) is 3. The Balaban J connectivity index is -0.000000228.